The number of nitrogens with zero attached hydrogens (tertiary/aromatic N) is 1. The molecule has 0 amide bonds. The average molecular weight is 193 g/mol. The molecule has 66 valence electrons. The van der Waals surface area contributed by atoms with Gasteiger partial charge in [-0.25, -0.2) is 4.98 Å². The second kappa shape index (κ2) is 3.10. The maximum absolute atomic E-state index is 8.93. The molecule has 5 heteroatoms. The minimum absolute atomic E-state index is 0.510. The topological polar surface area (TPSA) is 53.4 Å². The van der Waals surface area contributed by atoms with Crippen molar-refractivity contribution in [3.63, 3.8) is 0 Å². The Hall–Kier alpha value is -0.905. The summed E-state index contributed by atoms with van der Waals surface area (Å²) in [5, 5.41) is 18.8. The SMILES string of the molecule is Cc1nc2ccc(B(O)O)cc2s1. The Balaban J connectivity index is 2.61. The van der Waals surface area contributed by atoms with Gasteiger partial charge in [0.2, 0.25) is 0 Å². The van der Waals surface area contributed by atoms with Crippen LogP contribution in [0.25, 0.3) is 10.2 Å². The Morgan fingerprint density at radius 1 is 1.38 bits per heavy atom. The zero-order valence-corrected chi connectivity index (χ0v) is 7.88. The summed E-state index contributed by atoms with van der Waals surface area (Å²) in [6, 6.07) is 5.23. The molecule has 2 aromatic rings. The number of hydrogen-bond donors (Lipinski definition) is 2. The molecule has 3 nitrogen and oxygen atoms in total. The second-order valence-corrected chi connectivity index (χ2v) is 4.07. The van der Waals surface area contributed by atoms with E-state index in [1.54, 1.807) is 29.5 Å². The molecule has 0 aliphatic heterocycles. The number of benzene rings is 1. The summed E-state index contributed by atoms with van der Waals surface area (Å²) < 4.78 is 0.989. The zero-order valence-electron chi connectivity index (χ0n) is 7.06. The summed E-state index contributed by atoms with van der Waals surface area (Å²) in [7, 11) is -1.40. The number of aryl methyl sites for hydroxylation is 1. The molecule has 0 radical (unpaired) electrons. The van der Waals surface area contributed by atoms with Gasteiger partial charge in [0.25, 0.3) is 0 Å². The maximum Gasteiger partial charge on any atom is 0.488 e. The van der Waals surface area contributed by atoms with Crippen LogP contribution in [0.2, 0.25) is 0 Å². The van der Waals surface area contributed by atoms with Crippen molar-refractivity contribution in [3.05, 3.63) is 23.2 Å². The van der Waals surface area contributed by atoms with Gasteiger partial charge in [0.15, 0.2) is 0 Å². The van der Waals surface area contributed by atoms with Crippen molar-refractivity contribution in [1.82, 2.24) is 4.98 Å². The van der Waals surface area contributed by atoms with E-state index in [1.165, 1.54) is 0 Å². The van der Waals surface area contributed by atoms with Crippen LogP contribution in [-0.2, 0) is 0 Å². The van der Waals surface area contributed by atoms with Crippen LogP contribution in [0.3, 0.4) is 0 Å². The fourth-order valence-corrected chi connectivity index (χ4v) is 2.09. The van der Waals surface area contributed by atoms with Gasteiger partial charge >= 0.3 is 7.12 Å². The molecule has 0 atom stereocenters. The highest BCUT2D eigenvalue weighted by atomic mass is 32.1. The lowest BCUT2D eigenvalue weighted by Gasteiger charge is -1.96. The summed E-state index contributed by atoms with van der Waals surface area (Å²) in [5.41, 5.74) is 1.42. The van der Waals surface area contributed by atoms with Crippen LogP contribution in [0, 0.1) is 6.92 Å². The fraction of sp³-hybridized carbons (Fsp3) is 0.125. The molecule has 13 heavy (non-hydrogen) atoms. The predicted octanol–water partition coefficient (Wildman–Crippen LogP) is 0.285. The quantitative estimate of drug-likeness (QED) is 0.639. The standard InChI is InChI=1S/C8H8BNO2S/c1-5-10-7-3-2-6(9(11)12)4-8(7)13-5/h2-4,11-12H,1H3. The maximum atomic E-state index is 8.93. The minimum atomic E-state index is -1.40. The van der Waals surface area contributed by atoms with Crippen LogP contribution in [-0.4, -0.2) is 22.2 Å². The first-order valence-corrected chi connectivity index (χ1v) is 4.72. The van der Waals surface area contributed by atoms with Gasteiger partial charge < -0.3 is 10.0 Å². The first-order chi connectivity index (χ1) is 6.16. The van der Waals surface area contributed by atoms with Crippen molar-refractivity contribution in [2.45, 2.75) is 6.92 Å². The van der Waals surface area contributed by atoms with Crippen molar-refractivity contribution in [1.29, 1.82) is 0 Å². The lowest BCUT2D eigenvalue weighted by molar-refractivity contribution is 0.426. The largest absolute Gasteiger partial charge is 0.488 e. The first-order valence-electron chi connectivity index (χ1n) is 3.90. The Morgan fingerprint density at radius 2 is 2.15 bits per heavy atom. The zero-order chi connectivity index (χ0) is 9.42. The highest BCUT2D eigenvalue weighted by Crippen LogP contribution is 2.19. The van der Waals surface area contributed by atoms with Gasteiger partial charge in [-0.2, -0.15) is 0 Å². The van der Waals surface area contributed by atoms with E-state index < -0.39 is 7.12 Å². The summed E-state index contributed by atoms with van der Waals surface area (Å²) in [4.78, 5) is 4.27. The molecule has 1 heterocycles. The molecule has 0 spiro atoms. The van der Waals surface area contributed by atoms with Crippen LogP contribution in [0.15, 0.2) is 18.2 Å². The Kier molecular flexibility index (Phi) is 2.07. The van der Waals surface area contributed by atoms with Crippen molar-refractivity contribution in [2.24, 2.45) is 0 Å². The molecule has 0 aliphatic carbocycles. The third-order valence-electron chi connectivity index (χ3n) is 1.82. The smallest absolute Gasteiger partial charge is 0.423 e. The molecule has 0 unspecified atom stereocenters. The predicted molar refractivity (Wildman–Crippen MR) is 54.2 cm³/mol. The third kappa shape index (κ3) is 1.58. The van der Waals surface area contributed by atoms with Gasteiger partial charge in [-0.1, -0.05) is 6.07 Å². The van der Waals surface area contributed by atoms with Crippen molar-refractivity contribution in [3.8, 4) is 0 Å². The van der Waals surface area contributed by atoms with E-state index >= 15 is 0 Å². The number of aromatic nitrogens is 1. The van der Waals surface area contributed by atoms with Crippen molar-refractivity contribution in [2.75, 3.05) is 0 Å². The molecule has 2 N–H and O–H groups in total. The lowest BCUT2D eigenvalue weighted by Crippen LogP contribution is -2.29. The number of thiazole rings is 1. The third-order valence-corrected chi connectivity index (χ3v) is 2.75. The van der Waals surface area contributed by atoms with Gasteiger partial charge in [0, 0.05) is 0 Å². The molecular weight excluding hydrogens is 185 g/mol. The number of rotatable bonds is 1. The van der Waals surface area contributed by atoms with E-state index in [1.807, 2.05) is 6.92 Å². The van der Waals surface area contributed by atoms with E-state index in [9.17, 15) is 0 Å². The summed E-state index contributed by atoms with van der Waals surface area (Å²) in [6.45, 7) is 1.93. The van der Waals surface area contributed by atoms with Gasteiger partial charge in [0.05, 0.1) is 15.2 Å². The Morgan fingerprint density at radius 3 is 2.85 bits per heavy atom. The molecule has 0 saturated carbocycles. The van der Waals surface area contributed by atoms with E-state index in [0.717, 1.165) is 15.2 Å². The molecular formula is C8H8BNO2S. The molecule has 0 saturated heterocycles. The summed E-state index contributed by atoms with van der Waals surface area (Å²) in [6.07, 6.45) is 0. The van der Waals surface area contributed by atoms with Crippen LogP contribution < -0.4 is 5.46 Å². The highest BCUT2D eigenvalue weighted by molar-refractivity contribution is 7.18. The minimum Gasteiger partial charge on any atom is -0.423 e. The monoisotopic (exact) mass is 193 g/mol. The Labute approximate surface area is 79.8 Å². The fourth-order valence-electron chi connectivity index (χ4n) is 1.22. The molecule has 2 rings (SSSR count). The lowest BCUT2D eigenvalue weighted by atomic mass is 9.80. The van der Waals surface area contributed by atoms with E-state index in [0.29, 0.717) is 5.46 Å². The van der Waals surface area contributed by atoms with Gasteiger partial charge in [0.1, 0.15) is 0 Å². The van der Waals surface area contributed by atoms with Gasteiger partial charge in [-0.15, -0.1) is 11.3 Å². The molecule has 0 fully saturated rings. The van der Waals surface area contributed by atoms with Crippen LogP contribution >= 0.6 is 11.3 Å². The summed E-state index contributed by atoms with van der Waals surface area (Å²) >= 11 is 1.55. The van der Waals surface area contributed by atoms with Crippen molar-refractivity contribution >= 4 is 34.1 Å². The van der Waals surface area contributed by atoms with Gasteiger partial charge in [-0.05, 0) is 24.5 Å². The van der Waals surface area contributed by atoms with Crippen LogP contribution in [0.4, 0.5) is 0 Å². The number of fused-ring (bicyclic) bond motifs is 1. The second-order valence-electron chi connectivity index (χ2n) is 2.83. The molecule has 1 aromatic carbocycles. The van der Waals surface area contributed by atoms with Crippen LogP contribution in [0.5, 0.6) is 0 Å². The van der Waals surface area contributed by atoms with Crippen LogP contribution in [0.1, 0.15) is 5.01 Å². The Bertz CT molecular complexity index is 441. The average Bonchev–Trinajstić information content (AvgIpc) is 2.42. The normalized spacial score (nSPS) is 10.7. The van der Waals surface area contributed by atoms with E-state index in [4.69, 9.17) is 10.0 Å². The first kappa shape index (κ1) is 8.68. The number of hydrogen-bond acceptors (Lipinski definition) is 4. The molecule has 0 aliphatic rings. The van der Waals surface area contributed by atoms with Gasteiger partial charge in [-0.3, -0.25) is 0 Å². The van der Waals surface area contributed by atoms with E-state index in [-0.39, 0.29) is 0 Å². The molecule has 0 bridgehead atoms. The van der Waals surface area contributed by atoms with Crippen molar-refractivity contribution < 1.29 is 10.0 Å². The highest BCUT2D eigenvalue weighted by Gasteiger charge is 2.11. The van der Waals surface area contributed by atoms with E-state index in [2.05, 4.69) is 4.98 Å². The molecule has 1 aromatic heterocycles. The summed E-state index contributed by atoms with van der Waals surface area (Å²) in [5.74, 6) is 0.